The number of ether oxygens (including phenoxy) is 1. The minimum absolute atomic E-state index is 0. The number of carbonyl (C=O) groups is 1. The molecule has 5 heteroatoms. The van der Waals surface area contributed by atoms with E-state index in [1.54, 1.807) is 7.11 Å². The van der Waals surface area contributed by atoms with E-state index in [-0.39, 0.29) is 23.7 Å². The Balaban J connectivity index is 0.00000243. The van der Waals surface area contributed by atoms with Gasteiger partial charge >= 0.3 is 0 Å². The lowest BCUT2D eigenvalue weighted by atomic mass is 9.77. The van der Waals surface area contributed by atoms with E-state index in [2.05, 4.69) is 28.8 Å². The van der Waals surface area contributed by atoms with Crippen molar-refractivity contribution in [2.45, 2.75) is 57.3 Å². The van der Waals surface area contributed by atoms with Gasteiger partial charge in [-0.2, -0.15) is 0 Å². The summed E-state index contributed by atoms with van der Waals surface area (Å²) in [5, 5.41) is 6.71. The highest BCUT2D eigenvalue weighted by Crippen LogP contribution is 2.42. The summed E-state index contributed by atoms with van der Waals surface area (Å²) < 4.78 is 5.49. The van der Waals surface area contributed by atoms with Crippen LogP contribution in [-0.2, 0) is 10.2 Å². The van der Waals surface area contributed by atoms with E-state index in [0.29, 0.717) is 5.92 Å². The Labute approximate surface area is 163 Å². The highest BCUT2D eigenvalue weighted by atomic mass is 35.5. The maximum absolute atomic E-state index is 13.1. The minimum Gasteiger partial charge on any atom is -0.496 e. The summed E-state index contributed by atoms with van der Waals surface area (Å²) in [6.07, 6.45) is 7.74. The number of rotatable bonds is 6. The molecule has 1 unspecified atom stereocenters. The van der Waals surface area contributed by atoms with Crippen LogP contribution in [0.2, 0.25) is 0 Å². The summed E-state index contributed by atoms with van der Waals surface area (Å²) in [6, 6.07) is 6.27. The van der Waals surface area contributed by atoms with Gasteiger partial charge < -0.3 is 15.4 Å². The Morgan fingerprint density at radius 1 is 1.31 bits per heavy atom. The molecular formula is C21H33ClN2O2. The van der Waals surface area contributed by atoms with Gasteiger partial charge in [-0.1, -0.05) is 25.0 Å². The number of aryl methyl sites for hydroxylation is 1. The molecule has 1 saturated heterocycles. The van der Waals surface area contributed by atoms with E-state index in [1.807, 2.05) is 6.92 Å². The predicted octanol–water partition coefficient (Wildman–Crippen LogP) is 3.74. The van der Waals surface area contributed by atoms with Crippen molar-refractivity contribution >= 4 is 18.3 Å². The SMILES string of the molecule is COc1cc(C2(C(=O)NCCC3CCCNC3)CCCC2)ccc1C.Cl. The summed E-state index contributed by atoms with van der Waals surface area (Å²) in [6.45, 7) is 5.07. The average molecular weight is 381 g/mol. The summed E-state index contributed by atoms with van der Waals surface area (Å²) in [5.41, 5.74) is 1.86. The number of nitrogens with one attached hydrogen (secondary N) is 2. The molecule has 3 rings (SSSR count). The summed E-state index contributed by atoms with van der Waals surface area (Å²) >= 11 is 0. The van der Waals surface area contributed by atoms with Gasteiger partial charge in [-0.25, -0.2) is 0 Å². The first-order valence-electron chi connectivity index (χ1n) is 9.80. The largest absolute Gasteiger partial charge is 0.496 e. The van der Waals surface area contributed by atoms with Crippen LogP contribution in [0.25, 0.3) is 0 Å². The Kier molecular flexibility index (Phi) is 7.78. The fraction of sp³-hybridized carbons (Fsp3) is 0.667. The fourth-order valence-electron chi connectivity index (χ4n) is 4.47. The van der Waals surface area contributed by atoms with Crippen LogP contribution in [0.1, 0.15) is 56.1 Å². The van der Waals surface area contributed by atoms with E-state index in [9.17, 15) is 4.79 Å². The molecule has 1 aromatic rings. The van der Waals surface area contributed by atoms with Gasteiger partial charge in [0.25, 0.3) is 0 Å². The number of hydrogen-bond donors (Lipinski definition) is 2. The van der Waals surface area contributed by atoms with Crippen molar-refractivity contribution in [2.75, 3.05) is 26.7 Å². The number of methoxy groups -OCH3 is 1. The molecule has 2 fully saturated rings. The molecule has 1 saturated carbocycles. The second-order valence-corrected chi connectivity index (χ2v) is 7.73. The Morgan fingerprint density at radius 2 is 2.08 bits per heavy atom. The van der Waals surface area contributed by atoms with Crippen LogP contribution >= 0.6 is 12.4 Å². The van der Waals surface area contributed by atoms with E-state index < -0.39 is 0 Å². The molecule has 2 N–H and O–H groups in total. The van der Waals surface area contributed by atoms with Gasteiger partial charge in [-0.05, 0) is 75.2 Å². The van der Waals surface area contributed by atoms with Gasteiger partial charge in [0.05, 0.1) is 12.5 Å². The third-order valence-electron chi connectivity index (χ3n) is 6.09. The van der Waals surface area contributed by atoms with Gasteiger partial charge in [0.2, 0.25) is 5.91 Å². The lowest BCUT2D eigenvalue weighted by Crippen LogP contribution is -2.43. The molecule has 1 aliphatic heterocycles. The predicted molar refractivity (Wildman–Crippen MR) is 108 cm³/mol. The van der Waals surface area contributed by atoms with Crippen LogP contribution in [0.15, 0.2) is 18.2 Å². The monoisotopic (exact) mass is 380 g/mol. The lowest BCUT2D eigenvalue weighted by Gasteiger charge is -2.30. The molecule has 146 valence electrons. The second kappa shape index (κ2) is 9.61. The summed E-state index contributed by atoms with van der Waals surface area (Å²) in [7, 11) is 1.70. The lowest BCUT2D eigenvalue weighted by molar-refractivity contribution is -0.126. The van der Waals surface area contributed by atoms with Crippen molar-refractivity contribution in [3.63, 3.8) is 0 Å². The number of amides is 1. The van der Waals surface area contributed by atoms with Crippen molar-refractivity contribution in [2.24, 2.45) is 5.92 Å². The Hall–Kier alpha value is -1.26. The molecule has 26 heavy (non-hydrogen) atoms. The number of halogens is 1. The van der Waals surface area contributed by atoms with Crippen molar-refractivity contribution < 1.29 is 9.53 Å². The van der Waals surface area contributed by atoms with E-state index in [1.165, 1.54) is 12.8 Å². The van der Waals surface area contributed by atoms with Gasteiger partial charge in [-0.3, -0.25) is 4.79 Å². The van der Waals surface area contributed by atoms with Crippen molar-refractivity contribution in [1.29, 1.82) is 0 Å². The smallest absolute Gasteiger partial charge is 0.230 e. The third kappa shape index (κ3) is 4.52. The molecule has 0 aromatic heterocycles. The molecule has 4 nitrogen and oxygen atoms in total. The molecule has 1 amide bonds. The molecule has 1 aromatic carbocycles. The Morgan fingerprint density at radius 3 is 2.73 bits per heavy atom. The molecule has 1 heterocycles. The van der Waals surface area contributed by atoms with Crippen LogP contribution in [0.4, 0.5) is 0 Å². The third-order valence-corrected chi connectivity index (χ3v) is 6.09. The maximum atomic E-state index is 13.1. The van der Waals surface area contributed by atoms with Crippen LogP contribution in [0, 0.1) is 12.8 Å². The number of benzene rings is 1. The molecule has 0 radical (unpaired) electrons. The summed E-state index contributed by atoms with van der Waals surface area (Å²) in [4.78, 5) is 13.1. The first kappa shape index (κ1) is 21.0. The first-order chi connectivity index (χ1) is 12.2. The molecular weight excluding hydrogens is 348 g/mol. The van der Waals surface area contributed by atoms with Gasteiger partial charge in [-0.15, -0.1) is 12.4 Å². The summed E-state index contributed by atoms with van der Waals surface area (Å²) in [5.74, 6) is 1.79. The zero-order chi connectivity index (χ0) is 17.7. The van der Waals surface area contributed by atoms with Crippen molar-refractivity contribution in [1.82, 2.24) is 10.6 Å². The number of carbonyl (C=O) groups excluding carboxylic acids is 1. The quantitative estimate of drug-likeness (QED) is 0.790. The highest BCUT2D eigenvalue weighted by Gasteiger charge is 2.42. The van der Waals surface area contributed by atoms with Crippen LogP contribution < -0.4 is 15.4 Å². The maximum Gasteiger partial charge on any atom is 0.230 e. The van der Waals surface area contributed by atoms with Crippen molar-refractivity contribution in [3.8, 4) is 5.75 Å². The zero-order valence-corrected chi connectivity index (χ0v) is 16.9. The minimum atomic E-state index is -0.369. The standard InChI is InChI=1S/C21H32N2O2.ClH/c1-16-7-8-18(14-19(16)25-2)21(10-3-4-11-21)20(24)23-13-9-17-6-5-12-22-15-17;/h7-8,14,17,22H,3-6,9-13,15H2,1-2H3,(H,23,24);1H. The van der Waals surface area contributed by atoms with E-state index in [4.69, 9.17) is 4.74 Å². The topological polar surface area (TPSA) is 50.4 Å². The van der Waals surface area contributed by atoms with Gasteiger partial charge in [0.1, 0.15) is 5.75 Å². The van der Waals surface area contributed by atoms with E-state index >= 15 is 0 Å². The average Bonchev–Trinajstić information content (AvgIpc) is 3.14. The van der Waals surface area contributed by atoms with Crippen LogP contribution in [0.5, 0.6) is 5.75 Å². The van der Waals surface area contributed by atoms with Crippen molar-refractivity contribution in [3.05, 3.63) is 29.3 Å². The van der Waals surface area contributed by atoms with Crippen LogP contribution in [0.3, 0.4) is 0 Å². The fourth-order valence-corrected chi connectivity index (χ4v) is 4.47. The second-order valence-electron chi connectivity index (χ2n) is 7.73. The molecule has 0 spiro atoms. The van der Waals surface area contributed by atoms with E-state index in [0.717, 1.165) is 68.6 Å². The van der Waals surface area contributed by atoms with Gasteiger partial charge in [0, 0.05) is 6.54 Å². The highest BCUT2D eigenvalue weighted by molar-refractivity contribution is 5.88. The Bertz CT molecular complexity index is 594. The number of hydrogen-bond acceptors (Lipinski definition) is 3. The molecule has 2 aliphatic rings. The van der Waals surface area contributed by atoms with Crippen LogP contribution in [-0.4, -0.2) is 32.7 Å². The van der Waals surface area contributed by atoms with Gasteiger partial charge in [0.15, 0.2) is 0 Å². The zero-order valence-electron chi connectivity index (χ0n) is 16.1. The molecule has 0 bridgehead atoms. The number of piperidine rings is 1. The molecule has 1 aliphatic carbocycles. The first-order valence-corrected chi connectivity index (χ1v) is 9.80. The normalized spacial score (nSPS) is 21.7. The molecule has 1 atom stereocenters.